The third-order valence-electron chi connectivity index (χ3n) is 4.30. The lowest BCUT2D eigenvalue weighted by Crippen LogP contribution is -2.23. The number of rotatable bonds is 7. The van der Waals surface area contributed by atoms with E-state index in [0.29, 0.717) is 27.4 Å². The van der Waals surface area contributed by atoms with E-state index in [1.807, 2.05) is 18.4 Å². The van der Waals surface area contributed by atoms with Gasteiger partial charge < -0.3 is 18.8 Å². The van der Waals surface area contributed by atoms with Gasteiger partial charge in [-0.3, -0.25) is 9.59 Å². The smallest absolute Gasteiger partial charge is 0.326 e. The first-order valence-electron chi connectivity index (χ1n) is 9.15. The molecule has 3 aromatic rings. The van der Waals surface area contributed by atoms with E-state index in [-0.39, 0.29) is 13.2 Å². The molecule has 7 nitrogen and oxygen atoms in total. The van der Waals surface area contributed by atoms with Crippen LogP contribution in [-0.2, 0) is 16.1 Å². The first-order chi connectivity index (χ1) is 14.5. The molecule has 0 radical (unpaired) electrons. The molecule has 30 heavy (non-hydrogen) atoms. The maximum Gasteiger partial charge on any atom is 0.326 e. The van der Waals surface area contributed by atoms with Crippen molar-refractivity contribution in [3.05, 3.63) is 46.8 Å². The summed E-state index contributed by atoms with van der Waals surface area (Å²) in [7, 11) is 3.11. The highest BCUT2D eigenvalue weighted by Gasteiger charge is 2.19. The first-order valence-corrected chi connectivity index (χ1v) is 11.2. The molecule has 0 fully saturated rings. The average molecular weight is 447 g/mol. The van der Waals surface area contributed by atoms with Gasteiger partial charge in [0.15, 0.2) is 4.80 Å². The minimum absolute atomic E-state index is 0.103. The number of amides is 1. The van der Waals surface area contributed by atoms with E-state index in [2.05, 4.69) is 4.99 Å². The van der Waals surface area contributed by atoms with Crippen LogP contribution in [0.4, 0.5) is 0 Å². The van der Waals surface area contributed by atoms with Crippen LogP contribution in [0.1, 0.15) is 17.3 Å². The Balaban J connectivity index is 2.22. The number of esters is 1. The Kier molecular flexibility index (Phi) is 7.17. The molecule has 0 saturated heterocycles. The number of thioether (sulfide) groups is 1. The van der Waals surface area contributed by atoms with E-state index in [9.17, 15) is 9.59 Å². The zero-order valence-electron chi connectivity index (χ0n) is 17.1. The highest BCUT2D eigenvalue weighted by Crippen LogP contribution is 2.35. The molecule has 0 atom stereocenters. The van der Waals surface area contributed by atoms with Crippen LogP contribution in [-0.4, -0.2) is 43.5 Å². The molecule has 0 aliphatic rings. The Morgan fingerprint density at radius 1 is 1.13 bits per heavy atom. The molecule has 0 bridgehead atoms. The minimum Gasteiger partial charge on any atom is -0.495 e. The van der Waals surface area contributed by atoms with Gasteiger partial charge in [0.2, 0.25) is 0 Å². The van der Waals surface area contributed by atoms with E-state index < -0.39 is 11.9 Å². The Morgan fingerprint density at radius 2 is 1.87 bits per heavy atom. The van der Waals surface area contributed by atoms with E-state index in [4.69, 9.17) is 14.2 Å². The van der Waals surface area contributed by atoms with Crippen LogP contribution in [0.5, 0.6) is 11.5 Å². The third-order valence-corrected chi connectivity index (χ3v) is 6.12. The summed E-state index contributed by atoms with van der Waals surface area (Å²) in [5, 5.41) is 0. The molecule has 1 aromatic heterocycles. The molecule has 3 rings (SSSR count). The van der Waals surface area contributed by atoms with Crippen molar-refractivity contribution in [1.29, 1.82) is 0 Å². The molecule has 0 unspecified atom stereocenters. The lowest BCUT2D eigenvalue weighted by Gasteiger charge is -2.10. The predicted octanol–water partition coefficient (Wildman–Crippen LogP) is 3.75. The summed E-state index contributed by atoms with van der Waals surface area (Å²) in [5.74, 6) is 0.324. The number of aromatic nitrogens is 1. The maximum absolute atomic E-state index is 12.9. The van der Waals surface area contributed by atoms with Gasteiger partial charge in [0.25, 0.3) is 5.91 Å². The van der Waals surface area contributed by atoms with Crippen molar-refractivity contribution in [2.45, 2.75) is 18.4 Å². The zero-order valence-corrected chi connectivity index (χ0v) is 18.8. The second-order valence-corrected chi connectivity index (χ2v) is 7.93. The number of methoxy groups -OCH3 is 2. The summed E-state index contributed by atoms with van der Waals surface area (Å²) in [4.78, 5) is 30.8. The number of ether oxygens (including phenoxy) is 3. The van der Waals surface area contributed by atoms with Crippen LogP contribution < -0.4 is 14.3 Å². The minimum atomic E-state index is -0.430. The van der Waals surface area contributed by atoms with Crippen LogP contribution in [0.2, 0.25) is 0 Å². The topological polar surface area (TPSA) is 79.1 Å². The number of fused-ring (bicyclic) bond motifs is 1. The Bertz CT molecular complexity index is 1150. The van der Waals surface area contributed by atoms with Crippen molar-refractivity contribution in [2.24, 2.45) is 4.99 Å². The third kappa shape index (κ3) is 4.52. The van der Waals surface area contributed by atoms with Gasteiger partial charge in [-0.2, -0.15) is 4.99 Å². The summed E-state index contributed by atoms with van der Waals surface area (Å²) in [6, 6.07) is 10.8. The molecule has 0 aliphatic heterocycles. The number of carbonyl (C=O) groups is 2. The molecule has 0 aliphatic carbocycles. The van der Waals surface area contributed by atoms with E-state index in [1.54, 1.807) is 61.7 Å². The standard InChI is InChI=1S/C21H22N2O5S2/c1-5-28-17(24)12-23-18-15(26-2)9-10-16(27-3)19(18)30-21(23)22-20(25)13-7-6-8-14(11-13)29-4/h6-11H,5,12H2,1-4H3. The van der Waals surface area contributed by atoms with Crippen molar-refractivity contribution < 1.29 is 23.8 Å². The second-order valence-electron chi connectivity index (χ2n) is 6.07. The van der Waals surface area contributed by atoms with Crippen LogP contribution >= 0.6 is 23.1 Å². The zero-order chi connectivity index (χ0) is 21.7. The molecule has 1 amide bonds. The largest absolute Gasteiger partial charge is 0.495 e. The van der Waals surface area contributed by atoms with Crippen LogP contribution in [0.15, 0.2) is 46.3 Å². The van der Waals surface area contributed by atoms with Crippen molar-refractivity contribution in [3.8, 4) is 11.5 Å². The first kappa shape index (κ1) is 21.9. The molecule has 0 N–H and O–H groups in total. The average Bonchev–Trinajstić information content (AvgIpc) is 3.11. The molecule has 1 heterocycles. The Hall–Kier alpha value is -2.78. The highest BCUT2D eigenvalue weighted by atomic mass is 32.2. The van der Waals surface area contributed by atoms with Crippen molar-refractivity contribution in [3.63, 3.8) is 0 Å². The summed E-state index contributed by atoms with van der Waals surface area (Å²) < 4.78 is 18.4. The maximum atomic E-state index is 12.9. The van der Waals surface area contributed by atoms with Gasteiger partial charge in [-0.05, 0) is 43.5 Å². The number of hydrogen-bond donors (Lipinski definition) is 0. The van der Waals surface area contributed by atoms with Crippen LogP contribution in [0, 0.1) is 0 Å². The van der Waals surface area contributed by atoms with Gasteiger partial charge in [-0.15, -0.1) is 11.8 Å². The summed E-state index contributed by atoms with van der Waals surface area (Å²) in [5.41, 5.74) is 1.10. The molecule has 0 spiro atoms. The molecule has 9 heteroatoms. The molecular weight excluding hydrogens is 424 g/mol. The lowest BCUT2D eigenvalue weighted by molar-refractivity contribution is -0.143. The van der Waals surface area contributed by atoms with E-state index in [0.717, 1.165) is 9.60 Å². The van der Waals surface area contributed by atoms with Crippen molar-refractivity contribution in [1.82, 2.24) is 4.57 Å². The Morgan fingerprint density at radius 3 is 2.53 bits per heavy atom. The normalized spacial score (nSPS) is 11.5. The molecule has 0 saturated carbocycles. The summed E-state index contributed by atoms with van der Waals surface area (Å²) >= 11 is 2.80. The molecule has 2 aromatic carbocycles. The number of hydrogen-bond acceptors (Lipinski definition) is 7. The van der Waals surface area contributed by atoms with Gasteiger partial charge in [0, 0.05) is 10.5 Å². The SMILES string of the molecule is CCOC(=O)Cn1c(=NC(=O)c2cccc(SC)c2)sc2c(OC)ccc(OC)c21. The van der Waals surface area contributed by atoms with Gasteiger partial charge >= 0.3 is 5.97 Å². The quantitative estimate of drug-likeness (QED) is 0.406. The van der Waals surface area contributed by atoms with E-state index >= 15 is 0 Å². The number of nitrogens with zero attached hydrogens (tertiary/aromatic N) is 2. The van der Waals surface area contributed by atoms with Gasteiger partial charge in [0.1, 0.15) is 28.3 Å². The number of benzene rings is 2. The van der Waals surface area contributed by atoms with Crippen LogP contribution in [0.25, 0.3) is 10.2 Å². The Labute approximate surface area is 182 Å². The van der Waals surface area contributed by atoms with Crippen molar-refractivity contribution in [2.75, 3.05) is 27.1 Å². The lowest BCUT2D eigenvalue weighted by atomic mass is 10.2. The van der Waals surface area contributed by atoms with Gasteiger partial charge in [-0.25, -0.2) is 0 Å². The predicted molar refractivity (Wildman–Crippen MR) is 118 cm³/mol. The summed E-state index contributed by atoms with van der Waals surface area (Å²) in [6.45, 7) is 1.90. The number of carbonyl (C=O) groups excluding carboxylic acids is 2. The fraction of sp³-hybridized carbons (Fsp3) is 0.286. The monoisotopic (exact) mass is 446 g/mol. The fourth-order valence-corrected chi connectivity index (χ4v) is 4.53. The van der Waals surface area contributed by atoms with E-state index in [1.165, 1.54) is 11.3 Å². The fourth-order valence-electron chi connectivity index (χ4n) is 2.93. The second kappa shape index (κ2) is 9.82. The number of thiazole rings is 1. The van der Waals surface area contributed by atoms with Crippen LogP contribution in [0.3, 0.4) is 0 Å². The van der Waals surface area contributed by atoms with Crippen molar-refractivity contribution >= 4 is 45.2 Å². The summed E-state index contributed by atoms with van der Waals surface area (Å²) in [6.07, 6.45) is 1.94. The van der Waals surface area contributed by atoms with Gasteiger partial charge in [0.05, 0.1) is 20.8 Å². The molecular formula is C21H22N2O5S2. The van der Waals surface area contributed by atoms with Gasteiger partial charge in [-0.1, -0.05) is 17.4 Å². The molecule has 158 valence electrons. The highest BCUT2D eigenvalue weighted by molar-refractivity contribution is 7.98.